The summed E-state index contributed by atoms with van der Waals surface area (Å²) < 4.78 is 71.5. The van der Waals surface area contributed by atoms with Crippen LogP contribution < -0.4 is 10.6 Å². The highest BCUT2D eigenvalue weighted by Gasteiger charge is 2.25. The normalized spacial score (nSPS) is 13.0. The largest absolute Gasteiger partial charge is 0.445 e. The van der Waals surface area contributed by atoms with E-state index in [2.05, 4.69) is 27.6 Å². The number of hydrogen-bond acceptors (Lipinski definition) is 10. The molecular formula is C34H41F2N5O7S. The molecule has 0 aliphatic carbocycles. The molecule has 0 bridgehead atoms. The van der Waals surface area contributed by atoms with Crippen LogP contribution in [-0.4, -0.2) is 94.8 Å². The second-order valence-electron chi connectivity index (χ2n) is 11.7. The molecule has 0 spiro atoms. The van der Waals surface area contributed by atoms with Crippen LogP contribution in [0.15, 0.2) is 64.4 Å². The van der Waals surface area contributed by atoms with Crippen LogP contribution in [0.5, 0.6) is 0 Å². The highest BCUT2D eigenvalue weighted by Crippen LogP contribution is 2.31. The monoisotopic (exact) mass is 701 g/mol. The van der Waals surface area contributed by atoms with Crippen LogP contribution in [0.25, 0.3) is 10.9 Å². The number of methoxy groups -OCH3 is 1. The smallest absolute Gasteiger partial charge is 0.435 e. The first-order valence-corrected chi connectivity index (χ1v) is 17.1. The second kappa shape index (κ2) is 16.3. The summed E-state index contributed by atoms with van der Waals surface area (Å²) >= 11 is 0. The van der Waals surface area contributed by atoms with Crippen molar-refractivity contribution in [3.8, 4) is 0 Å². The number of sulfone groups is 1. The molecule has 15 heteroatoms. The molecule has 12 nitrogen and oxygen atoms in total. The van der Waals surface area contributed by atoms with Crippen LogP contribution in [0.3, 0.4) is 0 Å². The fourth-order valence-electron chi connectivity index (χ4n) is 5.00. The Bertz CT molecular complexity index is 1900. The maximum atomic E-state index is 14.0. The molecule has 0 saturated carbocycles. The van der Waals surface area contributed by atoms with E-state index in [1.165, 1.54) is 18.2 Å². The summed E-state index contributed by atoms with van der Waals surface area (Å²) in [7, 11) is 1.10. The Morgan fingerprint density at radius 2 is 1.69 bits per heavy atom. The topological polar surface area (TPSA) is 141 Å². The Morgan fingerprint density at radius 3 is 2.35 bits per heavy atom. The van der Waals surface area contributed by atoms with E-state index in [1.54, 1.807) is 20.1 Å². The molecule has 0 aliphatic rings. The second-order valence-corrected chi connectivity index (χ2v) is 13.7. The maximum Gasteiger partial charge on any atom is 0.435 e. The van der Waals surface area contributed by atoms with Gasteiger partial charge in [-0.25, -0.2) is 22.0 Å². The van der Waals surface area contributed by atoms with Crippen LogP contribution in [0.2, 0.25) is 0 Å². The van der Waals surface area contributed by atoms with Crippen LogP contribution in [0.1, 0.15) is 36.7 Å². The van der Waals surface area contributed by atoms with Gasteiger partial charge >= 0.3 is 6.09 Å². The van der Waals surface area contributed by atoms with E-state index in [9.17, 15) is 26.8 Å². The number of nitrogens with zero attached hydrogens (tertiary/aromatic N) is 3. The lowest BCUT2D eigenvalue weighted by molar-refractivity contribution is 0.0786. The van der Waals surface area contributed by atoms with Crippen molar-refractivity contribution in [2.75, 3.05) is 58.3 Å². The van der Waals surface area contributed by atoms with Crippen molar-refractivity contribution < 1.29 is 41.0 Å². The summed E-state index contributed by atoms with van der Waals surface area (Å²) in [5, 5.41) is 10.4. The van der Waals surface area contributed by atoms with Gasteiger partial charge in [0.15, 0.2) is 5.82 Å². The van der Waals surface area contributed by atoms with Crippen molar-refractivity contribution in [3.63, 3.8) is 0 Å². The van der Waals surface area contributed by atoms with Crippen LogP contribution in [0, 0.1) is 11.6 Å². The van der Waals surface area contributed by atoms with Crippen LogP contribution in [-0.2, 0) is 30.5 Å². The quantitative estimate of drug-likeness (QED) is 0.156. The molecule has 1 aromatic heterocycles. The summed E-state index contributed by atoms with van der Waals surface area (Å²) in [5.74, 6) is -2.88. The van der Waals surface area contributed by atoms with Gasteiger partial charge in [0.1, 0.15) is 18.2 Å². The molecule has 264 valence electrons. The van der Waals surface area contributed by atoms with Gasteiger partial charge in [-0.3, -0.25) is 4.79 Å². The van der Waals surface area contributed by atoms with E-state index >= 15 is 0 Å². The molecule has 4 aromatic rings. The number of anilines is 2. The first kappa shape index (κ1) is 37.4. The summed E-state index contributed by atoms with van der Waals surface area (Å²) in [4.78, 5) is 28.1. The lowest BCUT2D eigenvalue weighted by Gasteiger charge is -2.22. The molecule has 49 heavy (non-hydrogen) atoms. The van der Waals surface area contributed by atoms with Gasteiger partial charge in [0, 0.05) is 42.9 Å². The average Bonchev–Trinajstić information content (AvgIpc) is 3.40. The average molecular weight is 702 g/mol. The minimum absolute atomic E-state index is 0.0618. The highest BCUT2D eigenvalue weighted by atomic mass is 32.2. The Labute approximate surface area is 284 Å². The Hall–Kier alpha value is -4.44. The summed E-state index contributed by atoms with van der Waals surface area (Å²) in [6, 6.07) is 11.1. The fraction of sp³-hybridized carbons (Fsp3) is 0.382. The lowest BCUT2D eigenvalue weighted by atomic mass is 10.0. The minimum atomic E-state index is -4.44. The van der Waals surface area contributed by atoms with Gasteiger partial charge in [-0.05, 0) is 89.3 Å². The molecule has 2 atom stereocenters. The predicted octanol–water partition coefficient (Wildman–Crippen LogP) is 5.36. The molecule has 0 aliphatic heterocycles. The number of fused-ring (bicyclic) bond motifs is 1. The molecule has 0 saturated heterocycles. The van der Waals surface area contributed by atoms with E-state index in [0.29, 0.717) is 37.1 Å². The first-order valence-electron chi connectivity index (χ1n) is 15.6. The number of ether oxygens (including phenoxy) is 3. The molecule has 1 unspecified atom stereocenters. The summed E-state index contributed by atoms with van der Waals surface area (Å²) in [5.41, 5.74) is 1.88. The van der Waals surface area contributed by atoms with E-state index in [0.717, 1.165) is 16.7 Å². The van der Waals surface area contributed by atoms with E-state index in [4.69, 9.17) is 14.2 Å². The number of benzene rings is 3. The van der Waals surface area contributed by atoms with Gasteiger partial charge in [-0.2, -0.15) is 4.68 Å². The molecule has 2 N–H and O–H groups in total. The van der Waals surface area contributed by atoms with Crippen molar-refractivity contribution in [2.45, 2.75) is 49.1 Å². The Kier molecular flexibility index (Phi) is 12.4. The first-order chi connectivity index (χ1) is 23.2. The number of likely N-dealkylation sites (N-methyl/N-ethyl adjacent to an activating group) is 1. The van der Waals surface area contributed by atoms with Crippen LogP contribution in [0.4, 0.5) is 25.1 Å². The zero-order chi connectivity index (χ0) is 35.9. The number of nitrogens with one attached hydrogen (secondary N) is 2. The summed E-state index contributed by atoms with van der Waals surface area (Å²) in [6.07, 6.45) is -0.182. The molecule has 1 amide bonds. The molecule has 0 fully saturated rings. The molecule has 0 radical (unpaired) electrons. The van der Waals surface area contributed by atoms with Crippen molar-refractivity contribution in [2.24, 2.45) is 0 Å². The van der Waals surface area contributed by atoms with Gasteiger partial charge in [0.2, 0.25) is 9.84 Å². The molecular weight excluding hydrogens is 660 g/mol. The Morgan fingerprint density at radius 1 is 0.980 bits per heavy atom. The SMILES string of the molecule is CCOCCOC(=O)n1nc(NC(=O)c2ccc(C[C@H](C)N(C)C)cc2NC(C)COC)c2cc(S(=O)(=O)c3cc(F)cc(F)c3)ccc21. The zero-order valence-corrected chi connectivity index (χ0v) is 29.1. The number of rotatable bonds is 15. The van der Waals surface area contributed by atoms with Crippen LogP contribution >= 0.6 is 0 Å². The number of carbonyl (C=O) groups excluding carboxylic acids is 2. The number of hydrogen-bond donors (Lipinski definition) is 2. The van der Waals surface area contributed by atoms with E-state index in [1.807, 2.05) is 33.2 Å². The molecule has 1 heterocycles. The number of halogens is 2. The molecule has 4 rings (SSSR count). The maximum absolute atomic E-state index is 14.0. The lowest BCUT2D eigenvalue weighted by Crippen LogP contribution is -2.27. The van der Waals surface area contributed by atoms with Crippen molar-refractivity contribution in [3.05, 3.63) is 77.4 Å². The highest BCUT2D eigenvalue weighted by molar-refractivity contribution is 7.91. The zero-order valence-electron chi connectivity index (χ0n) is 28.2. The summed E-state index contributed by atoms with van der Waals surface area (Å²) in [6.45, 7) is 6.62. The van der Waals surface area contributed by atoms with Crippen molar-refractivity contribution in [1.82, 2.24) is 14.7 Å². The number of aromatic nitrogens is 2. The van der Waals surface area contributed by atoms with Gasteiger partial charge in [-0.15, -0.1) is 5.10 Å². The van der Waals surface area contributed by atoms with E-state index in [-0.39, 0.29) is 52.5 Å². The van der Waals surface area contributed by atoms with Gasteiger partial charge in [0.05, 0.1) is 34.1 Å². The van der Waals surface area contributed by atoms with Gasteiger partial charge < -0.3 is 29.7 Å². The minimum Gasteiger partial charge on any atom is -0.445 e. The van der Waals surface area contributed by atoms with E-state index < -0.39 is 38.4 Å². The third-order valence-corrected chi connectivity index (χ3v) is 9.46. The third kappa shape index (κ3) is 9.17. The third-order valence-electron chi connectivity index (χ3n) is 7.73. The fourth-order valence-corrected chi connectivity index (χ4v) is 6.33. The Balaban J connectivity index is 1.78. The number of amides is 1. The van der Waals surface area contributed by atoms with Crippen molar-refractivity contribution >= 4 is 44.2 Å². The number of carbonyl (C=O) groups is 2. The predicted molar refractivity (Wildman–Crippen MR) is 181 cm³/mol. The standard InChI is InChI=1S/C34H41F2N5O7S/c1-7-47-12-13-48-34(43)41-31-11-9-26(49(44,45)27-17-24(35)16-25(36)18-27)19-29(31)32(39-41)38-33(42)28-10-8-23(14-22(3)40(4)5)15-30(28)37-21(2)20-46-6/h8-11,15-19,21-22,37H,7,12-14,20H2,1-6H3,(H,38,39,42)/t21?,22-/m0/s1. The van der Waals surface area contributed by atoms with Gasteiger partial charge in [-0.1, -0.05) is 6.07 Å². The van der Waals surface area contributed by atoms with Gasteiger partial charge in [0.25, 0.3) is 5.91 Å². The van der Waals surface area contributed by atoms with Crippen molar-refractivity contribution in [1.29, 1.82) is 0 Å². The molecule has 3 aromatic carbocycles.